The lowest BCUT2D eigenvalue weighted by atomic mass is 10.0. The van der Waals surface area contributed by atoms with Crippen molar-refractivity contribution in [1.82, 2.24) is 21.3 Å². The van der Waals surface area contributed by atoms with Crippen LogP contribution in [0.1, 0.15) is 174 Å². The van der Waals surface area contributed by atoms with Crippen molar-refractivity contribution in [1.29, 1.82) is 0 Å². The van der Waals surface area contributed by atoms with E-state index in [0.717, 1.165) is 64.2 Å². The van der Waals surface area contributed by atoms with E-state index in [-0.39, 0.29) is 82.3 Å². The Morgan fingerprint density at radius 1 is 0.509 bits per heavy atom. The summed E-state index contributed by atoms with van der Waals surface area (Å²) in [5.41, 5.74) is 5.92. The Morgan fingerprint density at radius 3 is 1.58 bits per heavy atom. The molecule has 0 spiro atoms. The Bertz CT molecular complexity index is 1060. The SMILES string of the molecule is CCCCCNC(=O)[C@@H](N)CCCCNC(=O)COCCOCCNC(=O)CC[C@H](NC(=O)CCCCCCCCCCCCCCCCCCC(=O)O)C(=O)O. The molecule has 332 valence electrons. The average Bonchev–Trinajstić information content (AvgIpc) is 3.18. The third-order valence-corrected chi connectivity index (χ3v) is 9.69. The van der Waals surface area contributed by atoms with Gasteiger partial charge in [0.25, 0.3) is 0 Å². The van der Waals surface area contributed by atoms with Crippen molar-refractivity contribution in [3.05, 3.63) is 0 Å². The van der Waals surface area contributed by atoms with Gasteiger partial charge in [-0.05, 0) is 44.9 Å². The number of ether oxygens (including phenoxy) is 2. The van der Waals surface area contributed by atoms with E-state index >= 15 is 0 Å². The molecule has 15 heteroatoms. The third-order valence-electron chi connectivity index (χ3n) is 9.69. The Morgan fingerprint density at radius 2 is 1.02 bits per heavy atom. The minimum absolute atomic E-state index is 0.0102. The van der Waals surface area contributed by atoms with Gasteiger partial charge in [-0.3, -0.25) is 24.0 Å². The number of carboxylic acids is 2. The van der Waals surface area contributed by atoms with Crippen molar-refractivity contribution in [2.24, 2.45) is 5.73 Å². The zero-order valence-electron chi connectivity index (χ0n) is 35.2. The largest absolute Gasteiger partial charge is 0.481 e. The second-order valence-electron chi connectivity index (χ2n) is 15.0. The number of rotatable bonds is 42. The van der Waals surface area contributed by atoms with Crippen LogP contribution in [0.4, 0.5) is 0 Å². The highest BCUT2D eigenvalue weighted by Gasteiger charge is 2.21. The Kier molecular flexibility index (Phi) is 37.2. The summed E-state index contributed by atoms with van der Waals surface area (Å²) < 4.78 is 10.7. The molecular formula is C42H79N5O10. The number of carbonyl (C=O) groups is 6. The van der Waals surface area contributed by atoms with Crippen LogP contribution in [0.25, 0.3) is 0 Å². The van der Waals surface area contributed by atoms with E-state index in [1.165, 1.54) is 57.8 Å². The summed E-state index contributed by atoms with van der Waals surface area (Å²) in [6.07, 6.45) is 23.5. The zero-order chi connectivity index (χ0) is 42.2. The maximum absolute atomic E-state index is 12.3. The van der Waals surface area contributed by atoms with Crippen LogP contribution >= 0.6 is 0 Å². The van der Waals surface area contributed by atoms with Crippen LogP contribution in [0, 0.1) is 0 Å². The molecule has 0 saturated carbocycles. The number of nitrogens with one attached hydrogen (secondary N) is 4. The first-order valence-electron chi connectivity index (χ1n) is 22.0. The molecule has 0 unspecified atom stereocenters. The van der Waals surface area contributed by atoms with Crippen molar-refractivity contribution in [2.75, 3.05) is 46.1 Å². The van der Waals surface area contributed by atoms with Gasteiger partial charge in [-0.1, -0.05) is 110 Å². The number of carbonyl (C=O) groups excluding carboxylic acids is 4. The number of nitrogens with two attached hydrogens (primary N) is 1. The molecule has 0 radical (unpaired) electrons. The molecular weight excluding hydrogens is 734 g/mol. The minimum Gasteiger partial charge on any atom is -0.481 e. The molecule has 8 N–H and O–H groups in total. The maximum atomic E-state index is 12.3. The molecule has 57 heavy (non-hydrogen) atoms. The van der Waals surface area contributed by atoms with Crippen LogP contribution < -0.4 is 27.0 Å². The number of unbranched alkanes of at least 4 members (excludes halogenated alkanes) is 18. The minimum atomic E-state index is -1.17. The first-order chi connectivity index (χ1) is 27.6. The predicted molar refractivity (Wildman–Crippen MR) is 222 cm³/mol. The van der Waals surface area contributed by atoms with E-state index < -0.39 is 24.0 Å². The number of carboxylic acid groups (broad SMARTS) is 2. The summed E-state index contributed by atoms with van der Waals surface area (Å²) in [5.74, 6) is -2.90. The maximum Gasteiger partial charge on any atom is 0.326 e. The van der Waals surface area contributed by atoms with Gasteiger partial charge in [0.2, 0.25) is 23.6 Å². The molecule has 15 nitrogen and oxygen atoms in total. The fourth-order valence-electron chi connectivity index (χ4n) is 6.19. The number of hydrogen-bond acceptors (Lipinski definition) is 9. The summed E-state index contributed by atoms with van der Waals surface area (Å²) in [6.45, 7) is 4.00. The fraction of sp³-hybridized carbons (Fsp3) is 0.857. The van der Waals surface area contributed by atoms with Gasteiger partial charge >= 0.3 is 11.9 Å². The topological polar surface area (TPSA) is 235 Å². The molecule has 0 saturated heterocycles. The molecule has 0 aliphatic rings. The van der Waals surface area contributed by atoms with E-state index in [0.29, 0.717) is 32.4 Å². The first kappa shape index (κ1) is 53.7. The molecule has 4 amide bonds. The van der Waals surface area contributed by atoms with Gasteiger partial charge in [-0.15, -0.1) is 0 Å². The van der Waals surface area contributed by atoms with Crippen molar-refractivity contribution >= 4 is 35.6 Å². The van der Waals surface area contributed by atoms with Gasteiger partial charge in [0.1, 0.15) is 12.6 Å². The van der Waals surface area contributed by atoms with Gasteiger partial charge in [0.15, 0.2) is 0 Å². The molecule has 0 aromatic heterocycles. The van der Waals surface area contributed by atoms with Crippen LogP contribution in [0.2, 0.25) is 0 Å². The summed E-state index contributed by atoms with van der Waals surface area (Å²) in [7, 11) is 0. The molecule has 0 aromatic rings. The van der Waals surface area contributed by atoms with Gasteiger partial charge in [-0.25, -0.2) is 4.79 Å². The lowest BCUT2D eigenvalue weighted by Crippen LogP contribution is -2.41. The van der Waals surface area contributed by atoms with Crippen LogP contribution in [0.15, 0.2) is 0 Å². The number of aliphatic carboxylic acids is 2. The highest BCUT2D eigenvalue weighted by molar-refractivity contribution is 5.84. The third kappa shape index (κ3) is 38.0. The van der Waals surface area contributed by atoms with Gasteiger partial charge < -0.3 is 46.7 Å². The highest BCUT2D eigenvalue weighted by Crippen LogP contribution is 2.14. The molecule has 0 heterocycles. The van der Waals surface area contributed by atoms with E-state index in [2.05, 4.69) is 28.2 Å². The summed E-state index contributed by atoms with van der Waals surface area (Å²) >= 11 is 0. The Balaban J connectivity index is 3.69. The molecule has 0 aliphatic carbocycles. The predicted octanol–water partition coefficient (Wildman–Crippen LogP) is 5.51. The lowest BCUT2D eigenvalue weighted by molar-refractivity contribution is -0.142. The zero-order valence-corrected chi connectivity index (χ0v) is 35.2. The first-order valence-corrected chi connectivity index (χ1v) is 22.0. The summed E-state index contributed by atoms with van der Waals surface area (Å²) in [4.78, 5) is 70.6. The van der Waals surface area contributed by atoms with E-state index in [1.54, 1.807) is 0 Å². The smallest absolute Gasteiger partial charge is 0.326 e. The van der Waals surface area contributed by atoms with E-state index in [4.69, 9.17) is 20.3 Å². The fourth-order valence-corrected chi connectivity index (χ4v) is 6.19. The molecule has 0 bridgehead atoms. The lowest BCUT2D eigenvalue weighted by Gasteiger charge is -2.14. The Labute approximate surface area is 342 Å². The quantitative estimate of drug-likeness (QED) is 0.0380. The molecule has 0 aliphatic heterocycles. The van der Waals surface area contributed by atoms with Crippen molar-refractivity contribution in [3.8, 4) is 0 Å². The Hall–Kier alpha value is -3.30. The van der Waals surface area contributed by atoms with E-state index in [9.17, 15) is 33.9 Å². The van der Waals surface area contributed by atoms with Crippen LogP contribution in [0.5, 0.6) is 0 Å². The highest BCUT2D eigenvalue weighted by atomic mass is 16.5. The second-order valence-corrected chi connectivity index (χ2v) is 15.0. The average molecular weight is 814 g/mol. The molecule has 2 atom stereocenters. The standard InChI is InChI=1S/C42H79N5O10/c1-2-3-21-29-46-41(53)35(43)23-20-22-28-44-39(50)34-57-33-32-56-31-30-45-37(48)27-26-36(42(54)55)47-38(49)24-18-16-14-12-10-8-6-4-5-7-9-11-13-15-17-19-25-40(51)52/h35-36H,2-34,43H2,1H3,(H,44,50)(H,45,48)(H,46,53)(H,47,49)(H,51,52)(H,54,55)/t35-,36-/m0/s1. The summed E-state index contributed by atoms with van der Waals surface area (Å²) in [6, 6.07) is -1.67. The molecule has 0 fully saturated rings. The number of amides is 4. The van der Waals surface area contributed by atoms with Crippen molar-refractivity contribution < 1.29 is 48.5 Å². The van der Waals surface area contributed by atoms with Gasteiger partial charge in [0, 0.05) is 38.9 Å². The second kappa shape index (κ2) is 39.5. The summed E-state index contributed by atoms with van der Waals surface area (Å²) in [5, 5.41) is 29.0. The van der Waals surface area contributed by atoms with Crippen molar-refractivity contribution in [3.63, 3.8) is 0 Å². The van der Waals surface area contributed by atoms with Crippen LogP contribution in [-0.2, 0) is 38.2 Å². The molecule has 0 aromatic carbocycles. The molecule has 0 rings (SSSR count). The number of hydrogen-bond donors (Lipinski definition) is 7. The van der Waals surface area contributed by atoms with Crippen molar-refractivity contribution in [2.45, 2.75) is 186 Å². The van der Waals surface area contributed by atoms with Crippen LogP contribution in [-0.4, -0.2) is 104 Å². The normalized spacial score (nSPS) is 12.1. The monoisotopic (exact) mass is 814 g/mol. The van der Waals surface area contributed by atoms with Gasteiger partial charge in [0.05, 0.1) is 25.9 Å². The van der Waals surface area contributed by atoms with Gasteiger partial charge in [-0.2, -0.15) is 0 Å². The van der Waals surface area contributed by atoms with E-state index in [1.807, 2.05) is 0 Å². The van der Waals surface area contributed by atoms with Crippen LogP contribution in [0.3, 0.4) is 0 Å².